The maximum absolute atomic E-state index is 11.6. The first-order valence-electron chi connectivity index (χ1n) is 5.45. The molecule has 0 aliphatic carbocycles. The van der Waals surface area contributed by atoms with E-state index in [1.54, 1.807) is 12.3 Å². The molecule has 94 valence electrons. The first-order valence-corrected chi connectivity index (χ1v) is 5.45. The van der Waals surface area contributed by atoms with Crippen LogP contribution in [0.2, 0.25) is 0 Å². The standard InChI is InChI=1S/C12H14N4O2/c1-16(12(18)11(17)15-8-6-13)9-5-10-4-2-3-7-14-10/h2-4,7H,5,8-9H2,1H3,(H,15,17). The summed E-state index contributed by atoms with van der Waals surface area (Å²) in [6, 6.07) is 7.27. The van der Waals surface area contributed by atoms with E-state index in [0.29, 0.717) is 13.0 Å². The Kier molecular flexibility index (Phi) is 5.32. The number of likely N-dealkylation sites (N-methyl/N-ethyl adjacent to an activating group) is 1. The molecule has 0 saturated heterocycles. The van der Waals surface area contributed by atoms with Crippen molar-refractivity contribution < 1.29 is 9.59 Å². The molecule has 6 nitrogen and oxygen atoms in total. The van der Waals surface area contributed by atoms with Crippen LogP contribution in [0.4, 0.5) is 0 Å². The summed E-state index contributed by atoms with van der Waals surface area (Å²) in [5.41, 5.74) is 0.856. The van der Waals surface area contributed by atoms with Crippen molar-refractivity contribution in [2.75, 3.05) is 20.1 Å². The highest BCUT2D eigenvalue weighted by Crippen LogP contribution is 1.96. The molecule has 1 rings (SSSR count). The van der Waals surface area contributed by atoms with E-state index in [4.69, 9.17) is 5.26 Å². The largest absolute Gasteiger partial charge is 0.337 e. The highest BCUT2D eigenvalue weighted by molar-refractivity contribution is 6.34. The molecule has 0 aliphatic rings. The van der Waals surface area contributed by atoms with Crippen molar-refractivity contribution in [3.63, 3.8) is 0 Å². The molecule has 2 amide bonds. The van der Waals surface area contributed by atoms with Gasteiger partial charge in [0.25, 0.3) is 0 Å². The number of hydrogen-bond donors (Lipinski definition) is 1. The van der Waals surface area contributed by atoms with Crippen LogP contribution in [0, 0.1) is 11.3 Å². The van der Waals surface area contributed by atoms with E-state index in [1.807, 2.05) is 18.2 Å². The quantitative estimate of drug-likeness (QED) is 0.585. The lowest BCUT2D eigenvalue weighted by atomic mass is 10.2. The minimum absolute atomic E-state index is 0.168. The van der Waals surface area contributed by atoms with Crippen molar-refractivity contribution in [3.8, 4) is 6.07 Å². The number of carbonyl (C=O) groups is 2. The van der Waals surface area contributed by atoms with Crippen LogP contribution in [0.25, 0.3) is 0 Å². The summed E-state index contributed by atoms with van der Waals surface area (Å²) in [6.07, 6.45) is 2.26. The molecule has 1 aromatic heterocycles. The molecule has 0 bridgehead atoms. The third kappa shape index (κ3) is 4.22. The Morgan fingerprint density at radius 3 is 2.89 bits per heavy atom. The Labute approximate surface area is 105 Å². The van der Waals surface area contributed by atoms with Crippen LogP contribution in [-0.2, 0) is 16.0 Å². The average Bonchev–Trinajstić information content (AvgIpc) is 2.42. The van der Waals surface area contributed by atoms with Gasteiger partial charge in [0.05, 0.1) is 6.07 Å². The predicted molar refractivity (Wildman–Crippen MR) is 64.2 cm³/mol. The number of nitrogens with one attached hydrogen (secondary N) is 1. The van der Waals surface area contributed by atoms with Gasteiger partial charge < -0.3 is 10.2 Å². The van der Waals surface area contributed by atoms with Crippen molar-refractivity contribution in [1.29, 1.82) is 5.26 Å². The fraction of sp³-hybridized carbons (Fsp3) is 0.333. The highest BCUT2D eigenvalue weighted by Gasteiger charge is 2.17. The topological polar surface area (TPSA) is 86.1 Å². The summed E-state index contributed by atoms with van der Waals surface area (Å²) in [5.74, 6) is -1.42. The molecule has 0 atom stereocenters. The van der Waals surface area contributed by atoms with Gasteiger partial charge >= 0.3 is 11.8 Å². The van der Waals surface area contributed by atoms with Gasteiger partial charge in [-0.1, -0.05) is 6.07 Å². The maximum Gasteiger partial charge on any atom is 0.311 e. The zero-order valence-corrected chi connectivity index (χ0v) is 10.1. The first kappa shape index (κ1) is 13.6. The fourth-order valence-electron chi connectivity index (χ4n) is 1.30. The zero-order chi connectivity index (χ0) is 13.4. The molecule has 0 unspecified atom stereocenters. The van der Waals surface area contributed by atoms with E-state index in [-0.39, 0.29) is 6.54 Å². The molecule has 0 fully saturated rings. The third-order valence-corrected chi connectivity index (χ3v) is 2.30. The summed E-state index contributed by atoms with van der Waals surface area (Å²) >= 11 is 0. The van der Waals surface area contributed by atoms with E-state index in [9.17, 15) is 9.59 Å². The highest BCUT2D eigenvalue weighted by atomic mass is 16.2. The summed E-state index contributed by atoms with van der Waals surface area (Å²) in [6.45, 7) is 0.231. The summed E-state index contributed by atoms with van der Waals surface area (Å²) in [7, 11) is 1.54. The van der Waals surface area contributed by atoms with Crippen molar-refractivity contribution in [2.45, 2.75) is 6.42 Å². The second-order valence-corrected chi connectivity index (χ2v) is 3.64. The van der Waals surface area contributed by atoms with Gasteiger partial charge in [-0.25, -0.2) is 0 Å². The molecule has 1 N–H and O–H groups in total. The van der Waals surface area contributed by atoms with Crippen molar-refractivity contribution in [1.82, 2.24) is 15.2 Å². The second kappa shape index (κ2) is 7.01. The molecular formula is C12H14N4O2. The lowest BCUT2D eigenvalue weighted by molar-refractivity contribution is -0.144. The molecular weight excluding hydrogens is 232 g/mol. The summed E-state index contributed by atoms with van der Waals surface area (Å²) in [4.78, 5) is 28.3. The zero-order valence-electron chi connectivity index (χ0n) is 10.1. The van der Waals surface area contributed by atoms with Crippen LogP contribution in [0.1, 0.15) is 5.69 Å². The second-order valence-electron chi connectivity index (χ2n) is 3.64. The smallest absolute Gasteiger partial charge is 0.311 e. The SMILES string of the molecule is CN(CCc1ccccn1)C(=O)C(=O)NCC#N. The average molecular weight is 246 g/mol. The van der Waals surface area contributed by atoms with Gasteiger partial charge in [0, 0.05) is 31.9 Å². The van der Waals surface area contributed by atoms with Gasteiger partial charge in [0.15, 0.2) is 0 Å². The van der Waals surface area contributed by atoms with E-state index in [2.05, 4.69) is 10.3 Å². The molecule has 18 heavy (non-hydrogen) atoms. The minimum atomic E-state index is -0.764. The van der Waals surface area contributed by atoms with Gasteiger partial charge in [-0.05, 0) is 12.1 Å². The predicted octanol–water partition coefficient (Wildman–Crippen LogP) is -0.278. The van der Waals surface area contributed by atoms with Crippen LogP contribution < -0.4 is 5.32 Å². The Hall–Kier alpha value is -2.42. The van der Waals surface area contributed by atoms with Crippen molar-refractivity contribution in [3.05, 3.63) is 30.1 Å². The Morgan fingerprint density at radius 1 is 1.50 bits per heavy atom. The number of nitrogens with zero attached hydrogens (tertiary/aromatic N) is 3. The summed E-state index contributed by atoms with van der Waals surface area (Å²) < 4.78 is 0. The van der Waals surface area contributed by atoms with Gasteiger partial charge in [0.1, 0.15) is 6.54 Å². The number of pyridine rings is 1. The number of carbonyl (C=O) groups excluding carboxylic acids is 2. The minimum Gasteiger partial charge on any atom is -0.337 e. The Bertz CT molecular complexity index is 453. The fourth-order valence-corrected chi connectivity index (χ4v) is 1.30. The number of aromatic nitrogens is 1. The molecule has 1 aromatic rings. The Morgan fingerprint density at radius 2 is 2.28 bits per heavy atom. The monoisotopic (exact) mass is 246 g/mol. The normalized spacial score (nSPS) is 9.33. The number of nitriles is 1. The van der Waals surface area contributed by atoms with Crippen LogP contribution >= 0.6 is 0 Å². The third-order valence-electron chi connectivity index (χ3n) is 2.30. The number of hydrogen-bond acceptors (Lipinski definition) is 4. The van der Waals surface area contributed by atoms with E-state index < -0.39 is 11.8 Å². The molecule has 0 aromatic carbocycles. The number of rotatable bonds is 4. The maximum atomic E-state index is 11.6. The summed E-state index contributed by atoms with van der Waals surface area (Å²) in [5, 5.41) is 10.5. The van der Waals surface area contributed by atoms with E-state index in [1.165, 1.54) is 11.9 Å². The first-order chi connectivity index (χ1) is 8.65. The van der Waals surface area contributed by atoms with Gasteiger partial charge in [-0.2, -0.15) is 5.26 Å². The van der Waals surface area contributed by atoms with Crippen LogP contribution in [0.15, 0.2) is 24.4 Å². The molecule has 0 spiro atoms. The molecule has 0 radical (unpaired) electrons. The Balaban J connectivity index is 2.41. The van der Waals surface area contributed by atoms with E-state index in [0.717, 1.165) is 5.69 Å². The van der Waals surface area contributed by atoms with E-state index >= 15 is 0 Å². The molecule has 1 heterocycles. The van der Waals surface area contributed by atoms with Crippen molar-refractivity contribution in [2.24, 2.45) is 0 Å². The molecule has 0 aliphatic heterocycles. The van der Waals surface area contributed by atoms with Crippen LogP contribution in [-0.4, -0.2) is 41.8 Å². The number of amides is 2. The van der Waals surface area contributed by atoms with Crippen molar-refractivity contribution >= 4 is 11.8 Å². The van der Waals surface area contributed by atoms with Gasteiger partial charge in [0.2, 0.25) is 0 Å². The van der Waals surface area contributed by atoms with Crippen LogP contribution in [0.3, 0.4) is 0 Å². The lowest BCUT2D eigenvalue weighted by Gasteiger charge is -2.15. The van der Waals surface area contributed by atoms with Crippen LogP contribution in [0.5, 0.6) is 0 Å². The lowest BCUT2D eigenvalue weighted by Crippen LogP contribution is -2.41. The van der Waals surface area contributed by atoms with Gasteiger partial charge in [-0.15, -0.1) is 0 Å². The van der Waals surface area contributed by atoms with Gasteiger partial charge in [-0.3, -0.25) is 14.6 Å². The molecule has 0 saturated carbocycles. The molecule has 6 heteroatoms.